The maximum Gasteiger partial charge on any atom is 0.315 e. The molecule has 1 aromatic rings. The Morgan fingerprint density at radius 1 is 1.24 bits per heavy atom. The van der Waals surface area contributed by atoms with Crippen LogP contribution in [0.3, 0.4) is 0 Å². The molecule has 2 amide bonds. The lowest BCUT2D eigenvalue weighted by atomic mass is 10.2. The fourth-order valence-corrected chi connectivity index (χ4v) is 1.84. The van der Waals surface area contributed by atoms with Crippen LogP contribution in [0.15, 0.2) is 24.3 Å². The van der Waals surface area contributed by atoms with Gasteiger partial charge in [0, 0.05) is 6.54 Å². The zero-order valence-electron chi connectivity index (χ0n) is 13.1. The number of carbonyl (C=O) groups excluding carboxylic acids is 1. The lowest BCUT2D eigenvalue weighted by Gasteiger charge is -2.16. The van der Waals surface area contributed by atoms with E-state index in [2.05, 4.69) is 10.6 Å². The highest BCUT2D eigenvalue weighted by atomic mass is 16.5. The molecule has 0 heterocycles. The van der Waals surface area contributed by atoms with E-state index in [4.69, 9.17) is 4.74 Å². The van der Waals surface area contributed by atoms with Crippen LogP contribution in [0.2, 0.25) is 0 Å². The topological polar surface area (TPSA) is 70.6 Å². The lowest BCUT2D eigenvalue weighted by molar-refractivity contribution is 0.159. The Labute approximate surface area is 126 Å². The van der Waals surface area contributed by atoms with Gasteiger partial charge in [0.25, 0.3) is 0 Å². The number of amides is 2. The molecular formula is C16H26N2O3. The van der Waals surface area contributed by atoms with Crippen molar-refractivity contribution in [3.05, 3.63) is 29.8 Å². The summed E-state index contributed by atoms with van der Waals surface area (Å²) in [6, 6.07) is 7.50. The number of aryl methyl sites for hydroxylation is 1. The maximum atomic E-state index is 11.6. The summed E-state index contributed by atoms with van der Waals surface area (Å²) in [6.07, 6.45) is 0.972. The minimum Gasteiger partial charge on any atom is -0.489 e. The van der Waals surface area contributed by atoms with Gasteiger partial charge in [-0.2, -0.15) is 0 Å². The highest BCUT2D eigenvalue weighted by Gasteiger charge is 2.08. The third kappa shape index (κ3) is 7.56. The summed E-state index contributed by atoms with van der Waals surface area (Å²) in [5.74, 6) is 0.786. The molecule has 0 radical (unpaired) electrons. The highest BCUT2D eigenvalue weighted by Crippen LogP contribution is 2.12. The minimum atomic E-state index is -0.484. The summed E-state index contributed by atoms with van der Waals surface area (Å²) < 4.78 is 5.69. The minimum absolute atomic E-state index is 0.126. The lowest BCUT2D eigenvalue weighted by Crippen LogP contribution is -2.43. The van der Waals surface area contributed by atoms with Crippen LogP contribution in [-0.2, 0) is 0 Å². The molecule has 1 rings (SSSR count). The van der Waals surface area contributed by atoms with Gasteiger partial charge in [-0.3, -0.25) is 0 Å². The number of hydrogen-bond donors (Lipinski definition) is 3. The van der Waals surface area contributed by atoms with Crippen molar-refractivity contribution in [3.8, 4) is 5.75 Å². The van der Waals surface area contributed by atoms with Gasteiger partial charge >= 0.3 is 6.03 Å². The average Bonchev–Trinajstić information content (AvgIpc) is 2.46. The molecule has 0 spiro atoms. The van der Waals surface area contributed by atoms with Crippen LogP contribution in [0.25, 0.3) is 0 Å². The first-order valence-corrected chi connectivity index (χ1v) is 7.44. The quantitative estimate of drug-likeness (QED) is 0.688. The van der Waals surface area contributed by atoms with Crippen LogP contribution in [0, 0.1) is 6.92 Å². The molecule has 0 fully saturated rings. The monoisotopic (exact) mass is 294 g/mol. The second-order valence-corrected chi connectivity index (χ2v) is 5.27. The molecule has 0 aliphatic heterocycles. The number of carbonyl (C=O) groups is 1. The largest absolute Gasteiger partial charge is 0.489 e. The van der Waals surface area contributed by atoms with E-state index in [1.165, 1.54) is 5.56 Å². The standard InChI is InChI=1S/C16H26N2O3/c1-4-5-14(19)11-18-16(20)17-10-13(3)21-15-8-6-12(2)7-9-15/h6-9,13-14,19H,4-5,10-11H2,1-3H3,(H2,17,18,20). The van der Waals surface area contributed by atoms with Crippen LogP contribution < -0.4 is 15.4 Å². The molecule has 5 heteroatoms. The highest BCUT2D eigenvalue weighted by molar-refractivity contribution is 5.73. The van der Waals surface area contributed by atoms with Crippen molar-refractivity contribution in [2.45, 2.75) is 45.8 Å². The molecular weight excluding hydrogens is 268 g/mol. The summed E-state index contributed by atoms with van der Waals surface area (Å²) >= 11 is 0. The van der Waals surface area contributed by atoms with E-state index in [1.807, 2.05) is 45.0 Å². The summed E-state index contributed by atoms with van der Waals surface area (Å²) in [5.41, 5.74) is 1.18. The van der Waals surface area contributed by atoms with Crippen LogP contribution in [0.5, 0.6) is 5.75 Å². The van der Waals surface area contributed by atoms with E-state index >= 15 is 0 Å². The van der Waals surface area contributed by atoms with Gasteiger partial charge in [-0.15, -0.1) is 0 Å². The third-order valence-corrected chi connectivity index (χ3v) is 3.03. The number of nitrogens with one attached hydrogen (secondary N) is 2. The van der Waals surface area contributed by atoms with Gasteiger partial charge in [0.1, 0.15) is 11.9 Å². The van der Waals surface area contributed by atoms with E-state index in [0.29, 0.717) is 13.0 Å². The van der Waals surface area contributed by atoms with E-state index < -0.39 is 6.10 Å². The number of hydrogen-bond acceptors (Lipinski definition) is 3. The number of ether oxygens (including phenoxy) is 1. The van der Waals surface area contributed by atoms with E-state index in [9.17, 15) is 9.90 Å². The summed E-state index contributed by atoms with van der Waals surface area (Å²) in [4.78, 5) is 11.6. The molecule has 3 N–H and O–H groups in total. The number of rotatable bonds is 8. The third-order valence-electron chi connectivity index (χ3n) is 3.03. The van der Waals surface area contributed by atoms with Gasteiger partial charge in [-0.1, -0.05) is 31.0 Å². The number of benzene rings is 1. The molecule has 2 unspecified atom stereocenters. The molecule has 0 aromatic heterocycles. The van der Waals surface area contributed by atoms with E-state index in [0.717, 1.165) is 12.2 Å². The molecule has 2 atom stereocenters. The molecule has 0 saturated heterocycles. The summed E-state index contributed by atoms with van der Waals surface area (Å²) in [6.45, 7) is 6.59. The molecule has 1 aromatic carbocycles. The van der Waals surface area contributed by atoms with Crippen molar-refractivity contribution < 1.29 is 14.6 Å². The van der Waals surface area contributed by atoms with Crippen LogP contribution in [0.1, 0.15) is 32.3 Å². The van der Waals surface area contributed by atoms with Crippen molar-refractivity contribution in [3.63, 3.8) is 0 Å². The zero-order chi connectivity index (χ0) is 15.7. The number of aliphatic hydroxyl groups excluding tert-OH is 1. The second kappa shape index (κ2) is 9.23. The molecule has 118 valence electrons. The Bertz CT molecular complexity index is 420. The van der Waals surface area contributed by atoms with E-state index in [1.54, 1.807) is 0 Å². The predicted octanol–water partition coefficient (Wildman–Crippen LogP) is 2.22. The SMILES string of the molecule is CCCC(O)CNC(=O)NCC(C)Oc1ccc(C)cc1. The first-order valence-electron chi connectivity index (χ1n) is 7.44. The van der Waals surface area contributed by atoms with Gasteiger partial charge in [0.15, 0.2) is 0 Å². The van der Waals surface area contributed by atoms with Gasteiger partial charge in [0.2, 0.25) is 0 Å². The smallest absolute Gasteiger partial charge is 0.315 e. The molecule has 0 bridgehead atoms. The van der Waals surface area contributed by atoms with Crippen molar-refractivity contribution in [1.29, 1.82) is 0 Å². The maximum absolute atomic E-state index is 11.6. The second-order valence-electron chi connectivity index (χ2n) is 5.27. The molecule has 5 nitrogen and oxygen atoms in total. The van der Waals surface area contributed by atoms with Crippen molar-refractivity contribution in [2.24, 2.45) is 0 Å². The van der Waals surface area contributed by atoms with Crippen LogP contribution in [-0.4, -0.2) is 36.4 Å². The fraction of sp³-hybridized carbons (Fsp3) is 0.562. The Kier molecular flexibility index (Phi) is 7.61. The molecule has 0 aliphatic rings. The van der Waals surface area contributed by atoms with Gasteiger partial charge in [-0.25, -0.2) is 4.79 Å². The Hall–Kier alpha value is -1.75. The fourth-order valence-electron chi connectivity index (χ4n) is 1.84. The number of aliphatic hydroxyl groups is 1. The van der Waals surface area contributed by atoms with Crippen LogP contribution in [0.4, 0.5) is 4.79 Å². The first kappa shape index (κ1) is 17.3. The number of urea groups is 1. The van der Waals surface area contributed by atoms with E-state index in [-0.39, 0.29) is 18.7 Å². The van der Waals surface area contributed by atoms with Gasteiger partial charge in [-0.05, 0) is 32.4 Å². The Morgan fingerprint density at radius 2 is 1.86 bits per heavy atom. The van der Waals surface area contributed by atoms with Crippen LogP contribution >= 0.6 is 0 Å². The first-order chi connectivity index (χ1) is 10.0. The molecule has 0 aliphatic carbocycles. The van der Waals surface area contributed by atoms with Crippen molar-refractivity contribution >= 4 is 6.03 Å². The predicted molar refractivity (Wildman–Crippen MR) is 83.6 cm³/mol. The normalized spacial score (nSPS) is 13.3. The zero-order valence-corrected chi connectivity index (χ0v) is 13.1. The van der Waals surface area contributed by atoms with Gasteiger partial charge in [0.05, 0.1) is 12.6 Å². The summed E-state index contributed by atoms with van der Waals surface area (Å²) in [5, 5.41) is 14.9. The Balaban J connectivity index is 2.21. The van der Waals surface area contributed by atoms with Gasteiger partial charge < -0.3 is 20.5 Å². The van der Waals surface area contributed by atoms with Crippen molar-refractivity contribution in [2.75, 3.05) is 13.1 Å². The Morgan fingerprint density at radius 3 is 2.48 bits per heavy atom. The van der Waals surface area contributed by atoms with Crippen molar-refractivity contribution in [1.82, 2.24) is 10.6 Å². The molecule has 0 saturated carbocycles. The average molecular weight is 294 g/mol. The summed E-state index contributed by atoms with van der Waals surface area (Å²) in [7, 11) is 0. The molecule has 21 heavy (non-hydrogen) atoms.